The Hall–Kier alpha value is -3.88. The number of benzene rings is 2. The van der Waals surface area contributed by atoms with Gasteiger partial charge in [-0.25, -0.2) is 9.78 Å². The van der Waals surface area contributed by atoms with Gasteiger partial charge in [0.25, 0.3) is 10.1 Å². The number of alkyl halides is 3. The molecular weight excluding hydrogens is 635 g/mol. The minimum absolute atomic E-state index is 0.0561. The smallest absolute Gasteiger partial charge is 0.378 e. The van der Waals surface area contributed by atoms with E-state index in [0.29, 0.717) is 50.0 Å². The molecule has 2 aliphatic rings. The van der Waals surface area contributed by atoms with Crippen molar-refractivity contribution in [1.29, 1.82) is 0 Å². The first kappa shape index (κ1) is 34.5. The lowest BCUT2D eigenvalue weighted by molar-refractivity contribution is -0.143. The molecule has 3 aromatic rings. The van der Waals surface area contributed by atoms with Gasteiger partial charge in [-0.2, -0.15) is 21.6 Å². The largest absolute Gasteiger partial charge is 0.389 e. The number of aryl methyl sites for hydroxylation is 2. The van der Waals surface area contributed by atoms with Crippen molar-refractivity contribution in [3.05, 3.63) is 65.7 Å². The molecule has 0 unspecified atom stereocenters. The molecule has 5 rings (SSSR count). The summed E-state index contributed by atoms with van der Waals surface area (Å²) in [6, 6.07) is 14.8. The number of anilines is 3. The van der Waals surface area contributed by atoms with Gasteiger partial charge in [-0.15, -0.1) is 0 Å². The number of likely N-dealkylation sites (tertiary alicyclic amines) is 1. The second-order valence-corrected chi connectivity index (χ2v) is 13.8. The van der Waals surface area contributed by atoms with Crippen LogP contribution in [0.15, 0.2) is 59.5 Å². The molecule has 1 aromatic heterocycles. The number of ether oxygens (including phenoxy) is 1. The summed E-state index contributed by atoms with van der Waals surface area (Å²) in [6.45, 7) is 8.19. The highest BCUT2D eigenvalue weighted by atomic mass is 32.2. The van der Waals surface area contributed by atoms with Crippen LogP contribution < -0.4 is 15.5 Å². The lowest BCUT2D eigenvalue weighted by atomic mass is 10.00. The standard InChI is InChI=1S/C33H40F3N5O5S/c1-22-4-8-28(9-5-22)47(43,44)46-21-24(3)37-30-16-26(17-31(39-30)40-12-14-45-15-13-40)29-18-27(7-6-23(29)2)38-32(42)41-11-10-25(20-41)19-33(34,35)36/h4-9,16-18,24-25H,10-15,19-21H2,1-3H3,(H,37,39)(H,38,42)/t24-,25+/m1/s1. The molecule has 14 heteroatoms. The number of rotatable bonds is 10. The Labute approximate surface area is 273 Å². The Bertz CT molecular complexity index is 1660. The first-order valence-corrected chi connectivity index (χ1v) is 17.0. The number of hydrogen-bond donors (Lipinski definition) is 2. The van der Waals surface area contributed by atoms with Crippen molar-refractivity contribution in [2.75, 3.05) is 61.5 Å². The number of morpholine rings is 1. The zero-order valence-electron chi connectivity index (χ0n) is 26.6. The molecule has 2 atom stereocenters. The average molecular weight is 676 g/mol. The maximum atomic E-state index is 13.0. The Kier molecular flexibility index (Phi) is 10.6. The normalized spacial score (nSPS) is 17.9. The van der Waals surface area contributed by atoms with Gasteiger partial charge < -0.3 is 25.2 Å². The Morgan fingerprint density at radius 2 is 1.79 bits per heavy atom. The summed E-state index contributed by atoms with van der Waals surface area (Å²) in [6.07, 6.45) is -4.85. The fourth-order valence-electron chi connectivity index (χ4n) is 5.68. The number of nitrogens with zero attached hydrogens (tertiary/aromatic N) is 3. The summed E-state index contributed by atoms with van der Waals surface area (Å²) in [4.78, 5) is 21.4. The Morgan fingerprint density at radius 3 is 2.49 bits per heavy atom. The zero-order valence-corrected chi connectivity index (χ0v) is 27.5. The number of halogens is 3. The minimum Gasteiger partial charge on any atom is -0.378 e. The van der Waals surface area contributed by atoms with E-state index >= 15 is 0 Å². The van der Waals surface area contributed by atoms with Crippen LogP contribution in [0.4, 0.5) is 35.3 Å². The molecule has 0 spiro atoms. The van der Waals surface area contributed by atoms with Crippen LogP contribution in [0.25, 0.3) is 11.1 Å². The molecule has 2 fully saturated rings. The molecule has 2 amide bonds. The van der Waals surface area contributed by atoms with Crippen LogP contribution in [0.5, 0.6) is 0 Å². The predicted octanol–water partition coefficient (Wildman–Crippen LogP) is 6.21. The van der Waals surface area contributed by atoms with E-state index in [1.807, 2.05) is 38.1 Å². The van der Waals surface area contributed by atoms with Crippen LogP contribution in [-0.2, 0) is 19.0 Å². The molecule has 0 aliphatic carbocycles. The van der Waals surface area contributed by atoms with Gasteiger partial charge in [0.2, 0.25) is 0 Å². The summed E-state index contributed by atoms with van der Waals surface area (Å²) < 4.78 is 74.9. The SMILES string of the molecule is Cc1ccc(S(=O)(=O)OC[C@@H](C)Nc2cc(-c3cc(NC(=O)N4CC[C@@H](CC(F)(F)F)C4)ccc3C)cc(N3CCOCC3)n2)cc1. The fraction of sp³-hybridized carbons (Fsp3) is 0.455. The van der Waals surface area contributed by atoms with Crippen LogP contribution >= 0.6 is 0 Å². The topological polar surface area (TPSA) is 113 Å². The molecule has 47 heavy (non-hydrogen) atoms. The monoisotopic (exact) mass is 675 g/mol. The molecule has 0 radical (unpaired) electrons. The Balaban J connectivity index is 1.33. The summed E-state index contributed by atoms with van der Waals surface area (Å²) in [5.74, 6) is 0.607. The summed E-state index contributed by atoms with van der Waals surface area (Å²) in [7, 11) is -3.95. The van der Waals surface area contributed by atoms with Crippen molar-refractivity contribution in [2.24, 2.45) is 5.92 Å². The van der Waals surface area contributed by atoms with Gasteiger partial charge in [0.1, 0.15) is 11.6 Å². The molecule has 2 aliphatic heterocycles. The molecule has 0 bridgehead atoms. The van der Waals surface area contributed by atoms with E-state index in [0.717, 1.165) is 22.3 Å². The average Bonchev–Trinajstić information content (AvgIpc) is 3.49. The van der Waals surface area contributed by atoms with Gasteiger partial charge >= 0.3 is 12.2 Å². The molecule has 2 aromatic carbocycles. The molecule has 2 saturated heterocycles. The number of pyridine rings is 1. The zero-order chi connectivity index (χ0) is 33.8. The second kappa shape index (κ2) is 14.5. The van der Waals surface area contributed by atoms with Gasteiger partial charge in [-0.3, -0.25) is 4.18 Å². The van der Waals surface area contributed by atoms with E-state index in [-0.39, 0.29) is 24.6 Å². The van der Waals surface area contributed by atoms with E-state index in [9.17, 15) is 26.4 Å². The van der Waals surface area contributed by atoms with Gasteiger partial charge in [-0.05, 0) is 86.2 Å². The fourth-order valence-corrected chi connectivity index (χ4v) is 6.67. The second-order valence-electron chi connectivity index (χ2n) is 12.2. The van der Waals surface area contributed by atoms with Gasteiger partial charge in [-0.1, -0.05) is 23.8 Å². The number of nitrogens with one attached hydrogen (secondary N) is 2. The van der Waals surface area contributed by atoms with Crippen molar-refractivity contribution in [3.63, 3.8) is 0 Å². The summed E-state index contributed by atoms with van der Waals surface area (Å²) >= 11 is 0. The van der Waals surface area contributed by atoms with E-state index in [2.05, 4.69) is 15.5 Å². The maximum absolute atomic E-state index is 13.0. The van der Waals surface area contributed by atoms with Crippen molar-refractivity contribution in [3.8, 4) is 11.1 Å². The van der Waals surface area contributed by atoms with Crippen molar-refractivity contribution in [1.82, 2.24) is 9.88 Å². The van der Waals surface area contributed by atoms with Gasteiger partial charge in [0.15, 0.2) is 0 Å². The minimum atomic E-state index is -4.26. The lowest BCUT2D eigenvalue weighted by Gasteiger charge is -2.29. The number of amides is 2. The molecule has 254 valence electrons. The van der Waals surface area contributed by atoms with Crippen LogP contribution in [0.2, 0.25) is 0 Å². The summed E-state index contributed by atoms with van der Waals surface area (Å²) in [5, 5.41) is 6.12. The molecule has 3 heterocycles. The van der Waals surface area contributed by atoms with Crippen LogP contribution in [0.3, 0.4) is 0 Å². The van der Waals surface area contributed by atoms with Crippen LogP contribution in [-0.4, -0.2) is 82.6 Å². The number of urea groups is 1. The first-order chi connectivity index (χ1) is 22.3. The van der Waals surface area contributed by atoms with E-state index in [1.54, 1.807) is 25.1 Å². The van der Waals surface area contributed by atoms with Crippen molar-refractivity contribution < 1.29 is 35.3 Å². The highest BCUT2D eigenvalue weighted by Gasteiger charge is 2.36. The van der Waals surface area contributed by atoms with Crippen LogP contribution in [0, 0.1) is 19.8 Å². The van der Waals surface area contributed by atoms with Crippen molar-refractivity contribution in [2.45, 2.75) is 50.7 Å². The number of carbonyl (C=O) groups excluding carboxylic acids is 1. The number of aromatic nitrogens is 1. The summed E-state index contributed by atoms with van der Waals surface area (Å²) in [5.41, 5.74) is 4.01. The Morgan fingerprint density at radius 1 is 1.06 bits per heavy atom. The van der Waals surface area contributed by atoms with Crippen molar-refractivity contribution >= 4 is 33.5 Å². The first-order valence-electron chi connectivity index (χ1n) is 15.6. The van der Waals surface area contributed by atoms with Gasteiger partial charge in [0.05, 0.1) is 24.7 Å². The van der Waals surface area contributed by atoms with E-state index in [1.165, 1.54) is 17.0 Å². The third kappa shape index (κ3) is 9.36. The van der Waals surface area contributed by atoms with Crippen LogP contribution in [0.1, 0.15) is 30.9 Å². The number of hydrogen-bond acceptors (Lipinski definition) is 8. The third-order valence-electron chi connectivity index (χ3n) is 8.22. The third-order valence-corrected chi connectivity index (χ3v) is 9.51. The maximum Gasteiger partial charge on any atom is 0.389 e. The predicted molar refractivity (Wildman–Crippen MR) is 174 cm³/mol. The highest BCUT2D eigenvalue weighted by Crippen LogP contribution is 2.33. The molecule has 0 saturated carbocycles. The molecule has 2 N–H and O–H groups in total. The highest BCUT2D eigenvalue weighted by molar-refractivity contribution is 7.86. The van der Waals surface area contributed by atoms with Gasteiger partial charge in [0, 0.05) is 44.3 Å². The van der Waals surface area contributed by atoms with E-state index in [4.69, 9.17) is 13.9 Å². The molecule has 10 nitrogen and oxygen atoms in total. The quantitative estimate of drug-likeness (QED) is 0.244. The number of carbonyl (C=O) groups is 1. The van der Waals surface area contributed by atoms with E-state index < -0.39 is 40.7 Å². The lowest BCUT2D eigenvalue weighted by Crippen LogP contribution is -2.37. The molecular formula is C33H40F3N5O5S.